The van der Waals surface area contributed by atoms with Crippen molar-refractivity contribution in [2.24, 2.45) is 34.5 Å². The van der Waals surface area contributed by atoms with Gasteiger partial charge in [0.25, 0.3) is 0 Å². The Balaban J connectivity index is 1.39. The Morgan fingerprint density at radius 1 is 0.973 bits per heavy atom. The van der Waals surface area contributed by atoms with Gasteiger partial charge in [-0.1, -0.05) is 74.3 Å². The van der Waals surface area contributed by atoms with Crippen molar-refractivity contribution in [3.8, 4) is 11.8 Å². The molecule has 2 nitrogen and oxygen atoms in total. The highest BCUT2D eigenvalue weighted by molar-refractivity contribution is 5.61. The molecule has 1 unspecified atom stereocenters. The maximum atomic E-state index is 6.51. The molecule has 0 radical (unpaired) electrons. The molecule has 1 heterocycles. The van der Waals surface area contributed by atoms with Crippen molar-refractivity contribution in [2.75, 3.05) is 13.2 Å². The Kier molecular flexibility index (Phi) is 6.29. The fraction of sp³-hybridized carbons (Fsp3) is 0.657. The van der Waals surface area contributed by atoms with E-state index >= 15 is 0 Å². The van der Waals surface area contributed by atoms with Gasteiger partial charge in [0.15, 0.2) is 5.79 Å². The van der Waals surface area contributed by atoms with Crippen molar-refractivity contribution in [3.05, 3.63) is 53.1 Å². The third-order valence-electron chi connectivity index (χ3n) is 10.9. The minimum atomic E-state index is -0.353. The van der Waals surface area contributed by atoms with Crippen molar-refractivity contribution in [2.45, 2.75) is 97.7 Å². The van der Waals surface area contributed by atoms with Crippen LogP contribution in [-0.2, 0) is 9.47 Å². The lowest BCUT2D eigenvalue weighted by atomic mass is 9.51. The van der Waals surface area contributed by atoms with E-state index in [1.807, 2.05) is 12.5 Å². The van der Waals surface area contributed by atoms with Gasteiger partial charge in [-0.15, -0.1) is 5.92 Å². The summed E-state index contributed by atoms with van der Waals surface area (Å²) in [5.74, 6) is 9.73. The molecule has 0 amide bonds. The smallest absolute Gasteiger partial charge is 0.169 e. The zero-order valence-corrected chi connectivity index (χ0v) is 23.8. The monoisotopic (exact) mass is 498 g/mol. The van der Waals surface area contributed by atoms with Gasteiger partial charge in [-0.3, -0.25) is 0 Å². The second kappa shape index (κ2) is 9.14. The van der Waals surface area contributed by atoms with E-state index in [4.69, 9.17) is 9.47 Å². The molecule has 1 aromatic carbocycles. The van der Waals surface area contributed by atoms with Crippen LogP contribution >= 0.6 is 0 Å². The van der Waals surface area contributed by atoms with Crippen LogP contribution in [0, 0.1) is 46.3 Å². The highest BCUT2D eigenvalue weighted by Gasteiger charge is 2.57. The lowest BCUT2D eigenvalue weighted by molar-refractivity contribution is -0.312. The minimum absolute atomic E-state index is 0.122. The van der Waals surface area contributed by atoms with Crippen molar-refractivity contribution < 1.29 is 9.47 Å². The van der Waals surface area contributed by atoms with Gasteiger partial charge in [0.1, 0.15) is 0 Å². The van der Waals surface area contributed by atoms with E-state index in [-0.39, 0.29) is 11.2 Å². The second-order valence-corrected chi connectivity index (χ2v) is 14.0. The van der Waals surface area contributed by atoms with E-state index in [1.165, 1.54) is 43.2 Å². The number of hydrogen-bond acceptors (Lipinski definition) is 2. The number of allylic oxidation sites excluding steroid dienone is 3. The largest absolute Gasteiger partial charge is 0.349 e. The van der Waals surface area contributed by atoms with Crippen molar-refractivity contribution in [3.63, 3.8) is 0 Å². The Bertz CT molecular complexity index is 1150. The molecule has 0 N–H and O–H groups in total. The van der Waals surface area contributed by atoms with Crippen molar-refractivity contribution in [1.82, 2.24) is 0 Å². The Hall–Kier alpha value is -1.82. The first kappa shape index (κ1) is 25.5. The van der Waals surface area contributed by atoms with Gasteiger partial charge < -0.3 is 9.47 Å². The standard InChI is InChI=1S/C35H46O2/c1-7-8-27-14-16-31-29-15-13-26-19-35(36-21-33(4,5)22-37-35)18-17-28(26)32(29)30(20-34(27,31)6)25-11-9-24(10-12-25)23(2)3/h9-12,26-27,29-31H,2,13-22H2,1,3-6H3/t26-,27?,29-,30+,31-,34+/m0/s1. The third-order valence-corrected chi connectivity index (χ3v) is 10.9. The highest BCUT2D eigenvalue weighted by Crippen LogP contribution is 2.66. The first-order valence-electron chi connectivity index (χ1n) is 14.8. The molecule has 1 saturated heterocycles. The zero-order chi connectivity index (χ0) is 26.0. The average Bonchev–Trinajstić information content (AvgIpc) is 3.21. The maximum absolute atomic E-state index is 6.51. The van der Waals surface area contributed by atoms with Crippen LogP contribution in [0.3, 0.4) is 0 Å². The first-order valence-corrected chi connectivity index (χ1v) is 14.8. The highest BCUT2D eigenvalue weighted by atomic mass is 16.7. The summed E-state index contributed by atoms with van der Waals surface area (Å²) >= 11 is 0. The molecule has 0 bridgehead atoms. The summed E-state index contributed by atoms with van der Waals surface area (Å²) in [6, 6.07) is 9.40. The fourth-order valence-corrected chi connectivity index (χ4v) is 8.94. The van der Waals surface area contributed by atoms with Crippen LogP contribution in [0.15, 0.2) is 42.0 Å². The van der Waals surface area contributed by atoms with Crippen LogP contribution in [0.1, 0.15) is 103 Å². The maximum Gasteiger partial charge on any atom is 0.169 e. The lowest BCUT2D eigenvalue weighted by Crippen LogP contribution is -2.51. The number of fused-ring (bicyclic) bond motifs is 4. The van der Waals surface area contributed by atoms with E-state index in [2.05, 4.69) is 70.4 Å². The summed E-state index contributed by atoms with van der Waals surface area (Å²) in [4.78, 5) is 0. The topological polar surface area (TPSA) is 18.5 Å². The summed E-state index contributed by atoms with van der Waals surface area (Å²) in [6.07, 6.45) is 9.65. The van der Waals surface area contributed by atoms with Crippen LogP contribution < -0.4 is 0 Å². The molecular weight excluding hydrogens is 452 g/mol. The zero-order valence-electron chi connectivity index (χ0n) is 23.8. The normalized spacial score (nSPS) is 37.7. The number of hydrogen-bond donors (Lipinski definition) is 0. The van der Waals surface area contributed by atoms with E-state index in [0.717, 1.165) is 44.0 Å². The summed E-state index contributed by atoms with van der Waals surface area (Å²) in [6.45, 7) is 17.0. The minimum Gasteiger partial charge on any atom is -0.349 e. The molecule has 6 rings (SSSR count). The molecule has 4 aliphatic carbocycles. The average molecular weight is 499 g/mol. The summed E-state index contributed by atoms with van der Waals surface area (Å²) < 4.78 is 13.0. The predicted octanol–water partition coefficient (Wildman–Crippen LogP) is 8.54. The molecule has 1 spiro atoms. The lowest BCUT2D eigenvalue weighted by Gasteiger charge is -2.55. The summed E-state index contributed by atoms with van der Waals surface area (Å²) in [5, 5.41) is 0. The SMILES string of the molecule is C=C(C)c1ccc([C@H]2C[C@]3(C)C(C#CC)CC[C@H]3[C@@H]3CC[C@H]4CC5(CCC4=C32)OCC(C)(C)CO5)cc1. The van der Waals surface area contributed by atoms with E-state index in [1.54, 1.807) is 5.57 Å². The van der Waals surface area contributed by atoms with Gasteiger partial charge in [0, 0.05) is 30.1 Å². The Labute approximate surface area is 225 Å². The van der Waals surface area contributed by atoms with Gasteiger partial charge >= 0.3 is 0 Å². The van der Waals surface area contributed by atoms with Crippen molar-refractivity contribution >= 4 is 5.57 Å². The van der Waals surface area contributed by atoms with Crippen LogP contribution in [0.25, 0.3) is 5.57 Å². The Morgan fingerprint density at radius 3 is 2.38 bits per heavy atom. The molecule has 1 aliphatic heterocycles. The molecule has 198 valence electrons. The number of rotatable bonds is 2. The van der Waals surface area contributed by atoms with Crippen molar-refractivity contribution in [1.29, 1.82) is 0 Å². The summed E-state index contributed by atoms with van der Waals surface area (Å²) in [7, 11) is 0. The van der Waals surface area contributed by atoms with E-state index in [0.29, 0.717) is 29.1 Å². The molecule has 1 aromatic rings. The van der Waals surface area contributed by atoms with E-state index in [9.17, 15) is 0 Å². The molecule has 37 heavy (non-hydrogen) atoms. The van der Waals surface area contributed by atoms with Crippen LogP contribution in [0.5, 0.6) is 0 Å². The second-order valence-electron chi connectivity index (χ2n) is 14.0. The van der Waals surface area contributed by atoms with E-state index < -0.39 is 0 Å². The molecule has 4 fully saturated rings. The van der Waals surface area contributed by atoms with Crippen LogP contribution in [-0.4, -0.2) is 19.0 Å². The number of benzene rings is 1. The molecule has 6 atom stereocenters. The summed E-state index contributed by atoms with van der Waals surface area (Å²) in [5.41, 5.74) is 7.92. The third kappa shape index (κ3) is 4.26. The first-order chi connectivity index (χ1) is 17.6. The van der Waals surface area contributed by atoms with Gasteiger partial charge in [-0.25, -0.2) is 0 Å². The molecule has 2 heteroatoms. The molecular formula is C35H46O2. The van der Waals surface area contributed by atoms with Crippen LogP contribution in [0.4, 0.5) is 0 Å². The van der Waals surface area contributed by atoms with Gasteiger partial charge in [-0.2, -0.15) is 0 Å². The van der Waals surface area contributed by atoms with Crippen LogP contribution in [0.2, 0.25) is 0 Å². The van der Waals surface area contributed by atoms with Gasteiger partial charge in [-0.05, 0) is 86.7 Å². The Morgan fingerprint density at radius 2 is 1.70 bits per heavy atom. The quantitative estimate of drug-likeness (QED) is 0.300. The predicted molar refractivity (Wildman–Crippen MR) is 152 cm³/mol. The molecule has 5 aliphatic rings. The van der Waals surface area contributed by atoms with Gasteiger partial charge in [0.05, 0.1) is 13.2 Å². The molecule has 3 saturated carbocycles. The fourth-order valence-electron chi connectivity index (χ4n) is 8.94. The van der Waals surface area contributed by atoms with Gasteiger partial charge in [0.2, 0.25) is 0 Å². The number of ether oxygens (including phenoxy) is 2. The molecule has 0 aromatic heterocycles.